The number of unbranched alkanes of at least 4 members (excludes halogenated alkanes) is 25. The predicted molar refractivity (Wildman–Crippen MR) is 239 cm³/mol. The van der Waals surface area contributed by atoms with E-state index >= 15 is 0 Å². The Bertz CT molecular complexity index is 1070. The number of carbonyl (C=O) groups excluding carboxylic acids is 2. The van der Waals surface area contributed by atoms with Crippen LogP contribution in [0.5, 0.6) is 0 Å². The number of ketones is 1. The molecule has 0 saturated carbocycles. The van der Waals surface area contributed by atoms with Gasteiger partial charge in [-0.2, -0.15) is 0 Å². The first-order chi connectivity index (χ1) is 28.6. The van der Waals surface area contributed by atoms with Crippen molar-refractivity contribution in [3.05, 3.63) is 24.3 Å². The number of esters is 1. The lowest BCUT2D eigenvalue weighted by molar-refractivity contribution is -0.147. The molecule has 0 rings (SSSR count). The lowest BCUT2D eigenvalue weighted by Crippen LogP contribution is -2.33. The van der Waals surface area contributed by atoms with Crippen LogP contribution in [-0.4, -0.2) is 81.8 Å². The first-order valence-corrected chi connectivity index (χ1v) is 25.3. The van der Waals surface area contributed by atoms with E-state index in [1.165, 1.54) is 141 Å². The number of aliphatic hydroxyl groups excluding tert-OH is 4. The maximum absolute atomic E-state index is 12.7. The van der Waals surface area contributed by atoms with Crippen LogP contribution in [0.1, 0.15) is 213 Å². The molecule has 5 N–H and O–H groups in total. The molecule has 59 heavy (non-hydrogen) atoms. The summed E-state index contributed by atoms with van der Waals surface area (Å²) in [6, 6.07) is 0. The van der Waals surface area contributed by atoms with Crippen molar-refractivity contribution in [3.63, 3.8) is 0 Å². The number of phosphoric acid groups is 1. The van der Waals surface area contributed by atoms with Crippen LogP contribution < -0.4 is 0 Å². The Morgan fingerprint density at radius 1 is 0.576 bits per heavy atom. The first-order valence-electron chi connectivity index (χ1n) is 23.8. The predicted octanol–water partition coefficient (Wildman–Crippen LogP) is 11.2. The molecule has 11 nitrogen and oxygen atoms in total. The van der Waals surface area contributed by atoms with Gasteiger partial charge in [0, 0.05) is 12.3 Å². The summed E-state index contributed by atoms with van der Waals surface area (Å²) in [5.41, 5.74) is 0. The second-order valence-electron chi connectivity index (χ2n) is 16.4. The summed E-state index contributed by atoms with van der Waals surface area (Å²) in [6.07, 6.45) is 40.6. The first kappa shape index (κ1) is 57.6. The zero-order valence-corrected chi connectivity index (χ0v) is 38.4. The molecule has 0 heterocycles. The van der Waals surface area contributed by atoms with Crippen molar-refractivity contribution in [2.75, 3.05) is 26.4 Å². The largest absolute Gasteiger partial charge is 0.472 e. The minimum atomic E-state index is -4.72. The highest BCUT2D eigenvalue weighted by Gasteiger charge is 2.29. The van der Waals surface area contributed by atoms with Crippen LogP contribution in [0.3, 0.4) is 0 Å². The number of phosphoric ester groups is 1. The molecule has 2 unspecified atom stereocenters. The Morgan fingerprint density at radius 2 is 1.03 bits per heavy atom. The van der Waals surface area contributed by atoms with Gasteiger partial charge in [0.05, 0.1) is 19.8 Å². The lowest BCUT2D eigenvalue weighted by atomic mass is 9.93. The summed E-state index contributed by atoms with van der Waals surface area (Å²) < 4.78 is 26.4. The van der Waals surface area contributed by atoms with E-state index in [1.54, 1.807) is 0 Å². The number of hydrogen-bond acceptors (Lipinski definition) is 10. The number of carbonyl (C=O) groups is 2. The van der Waals surface area contributed by atoms with E-state index < -0.39 is 58.5 Å². The Labute approximate surface area is 359 Å². The topological polar surface area (TPSA) is 180 Å². The van der Waals surface area contributed by atoms with Crippen molar-refractivity contribution >= 4 is 19.6 Å². The third-order valence-electron chi connectivity index (χ3n) is 10.9. The molecular weight excluding hydrogens is 771 g/mol. The molecule has 5 atom stereocenters. The summed E-state index contributed by atoms with van der Waals surface area (Å²) in [6.45, 7) is 1.71. The van der Waals surface area contributed by atoms with E-state index in [2.05, 4.69) is 36.6 Å². The summed E-state index contributed by atoms with van der Waals surface area (Å²) in [7, 11) is -4.72. The van der Waals surface area contributed by atoms with Crippen molar-refractivity contribution in [1.29, 1.82) is 0 Å². The monoisotopic (exact) mass is 861 g/mol. The van der Waals surface area contributed by atoms with Gasteiger partial charge in [-0.05, 0) is 63.9 Å². The van der Waals surface area contributed by atoms with Gasteiger partial charge in [0.2, 0.25) is 0 Å². The highest BCUT2D eigenvalue weighted by Crippen LogP contribution is 2.44. The summed E-state index contributed by atoms with van der Waals surface area (Å²) in [4.78, 5) is 34.5. The van der Waals surface area contributed by atoms with Crippen LogP contribution in [0, 0.1) is 5.92 Å². The maximum Gasteiger partial charge on any atom is 0.472 e. The highest BCUT2D eigenvalue weighted by molar-refractivity contribution is 7.47. The van der Waals surface area contributed by atoms with Gasteiger partial charge in [0.1, 0.15) is 24.9 Å². The molecule has 0 bridgehead atoms. The second-order valence-corrected chi connectivity index (χ2v) is 17.9. The van der Waals surface area contributed by atoms with Gasteiger partial charge in [-0.1, -0.05) is 167 Å². The van der Waals surface area contributed by atoms with Gasteiger partial charge in [-0.15, -0.1) is 0 Å². The standard InChI is InChI=1S/C47H89O11P/c1-3-5-6-7-8-9-10-11-12-13-14-15-16-17-21-24-27-30-33-36-44(50)42(4-2)35-32-29-26-23-20-18-19-22-25-28-31-34-37-47(53)56-40-43(38-48)58-59(54,55)57-41-46(52)45(51)39-49/h14-15,33,36,42-43,45-46,48-49,51-52H,3-13,16-32,34-35,37-41H2,1-2H3,(H,54,55)/t42?,43-,45+,46+/m0/s1. The van der Waals surface area contributed by atoms with Gasteiger partial charge < -0.3 is 30.1 Å². The van der Waals surface area contributed by atoms with E-state index in [4.69, 9.17) is 14.4 Å². The maximum atomic E-state index is 12.7. The van der Waals surface area contributed by atoms with Crippen LogP contribution in [0.2, 0.25) is 0 Å². The lowest BCUT2D eigenvalue weighted by Gasteiger charge is -2.21. The minimum absolute atomic E-state index is 0.163. The van der Waals surface area contributed by atoms with Crippen LogP contribution in [0.25, 0.3) is 0 Å². The molecule has 0 aliphatic rings. The number of aliphatic hydroxyl groups is 4. The highest BCUT2D eigenvalue weighted by atomic mass is 31.2. The van der Waals surface area contributed by atoms with Crippen molar-refractivity contribution in [1.82, 2.24) is 0 Å². The zero-order chi connectivity index (χ0) is 43.7. The van der Waals surface area contributed by atoms with E-state index in [0.717, 1.165) is 44.9 Å². The molecule has 12 heteroatoms. The van der Waals surface area contributed by atoms with Gasteiger partial charge in [0.15, 0.2) is 5.78 Å². The van der Waals surface area contributed by atoms with Crippen molar-refractivity contribution in [2.45, 2.75) is 231 Å². The fraction of sp³-hybridized carbons (Fsp3) is 0.872. The van der Waals surface area contributed by atoms with E-state index in [-0.39, 0.29) is 12.3 Å². The molecular formula is C47H89O11P. The van der Waals surface area contributed by atoms with Gasteiger partial charge in [-0.3, -0.25) is 18.6 Å². The summed E-state index contributed by atoms with van der Waals surface area (Å²) in [5.74, 6) is -0.0276. The van der Waals surface area contributed by atoms with Crippen LogP contribution in [-0.2, 0) is 27.9 Å². The number of rotatable bonds is 45. The summed E-state index contributed by atoms with van der Waals surface area (Å²) in [5, 5.41) is 37.0. The number of hydrogen-bond donors (Lipinski definition) is 5. The zero-order valence-electron chi connectivity index (χ0n) is 37.5. The van der Waals surface area contributed by atoms with Gasteiger partial charge in [-0.25, -0.2) is 4.57 Å². The molecule has 0 amide bonds. The van der Waals surface area contributed by atoms with Crippen LogP contribution in [0.4, 0.5) is 0 Å². The Balaban J connectivity index is 3.70. The number of allylic oxidation sites excluding steroid dienone is 4. The van der Waals surface area contributed by atoms with Gasteiger partial charge in [0.25, 0.3) is 0 Å². The number of ether oxygens (including phenoxy) is 1. The molecule has 0 aromatic carbocycles. The van der Waals surface area contributed by atoms with Crippen molar-refractivity contribution in [2.24, 2.45) is 5.92 Å². The van der Waals surface area contributed by atoms with Crippen molar-refractivity contribution < 1.29 is 53.3 Å². The van der Waals surface area contributed by atoms with E-state index in [0.29, 0.717) is 12.2 Å². The molecule has 0 fully saturated rings. The SMILES string of the molecule is CCCCCCCCCCCC=CCCCCCCC=CC(=O)C(CC)CCCCCCCCCCCCCCC(=O)OC[C@H](CO)OP(=O)(O)OC[C@@H](O)[C@H](O)CO. The summed E-state index contributed by atoms with van der Waals surface area (Å²) >= 11 is 0. The quantitative estimate of drug-likeness (QED) is 0.0129. The average Bonchev–Trinajstić information content (AvgIpc) is 3.23. The molecule has 0 aliphatic carbocycles. The average molecular weight is 861 g/mol. The molecule has 0 aliphatic heterocycles. The molecule has 348 valence electrons. The molecule has 0 saturated heterocycles. The third-order valence-corrected chi connectivity index (χ3v) is 12.0. The van der Waals surface area contributed by atoms with Crippen LogP contribution in [0.15, 0.2) is 24.3 Å². The van der Waals surface area contributed by atoms with Crippen molar-refractivity contribution in [3.8, 4) is 0 Å². The van der Waals surface area contributed by atoms with Gasteiger partial charge >= 0.3 is 13.8 Å². The third kappa shape index (κ3) is 38.0. The molecule has 0 aromatic heterocycles. The molecule has 0 radical (unpaired) electrons. The van der Waals surface area contributed by atoms with E-state index in [9.17, 15) is 34.4 Å². The second kappa shape index (κ2) is 41.9. The minimum Gasteiger partial charge on any atom is -0.463 e. The molecule has 0 aromatic rings. The smallest absolute Gasteiger partial charge is 0.463 e. The Morgan fingerprint density at radius 3 is 1.51 bits per heavy atom. The fourth-order valence-electron chi connectivity index (χ4n) is 6.99. The molecule has 0 spiro atoms. The fourth-order valence-corrected chi connectivity index (χ4v) is 7.90. The van der Waals surface area contributed by atoms with Crippen LogP contribution >= 0.6 is 7.82 Å². The normalized spacial score (nSPS) is 15.1. The van der Waals surface area contributed by atoms with E-state index in [1.807, 2.05) is 6.08 Å². The Kier molecular flexibility index (Phi) is 40.9. The Hall–Kier alpha value is -1.43.